The molecule has 2 aromatic carbocycles. The maximum Gasteiger partial charge on any atom is 0.265 e. The number of hydrogen-bond donors (Lipinski definition) is 1. The predicted octanol–water partition coefficient (Wildman–Crippen LogP) is 5.14. The third-order valence-electron chi connectivity index (χ3n) is 4.88. The summed E-state index contributed by atoms with van der Waals surface area (Å²) < 4.78 is 15.9. The van der Waals surface area contributed by atoms with Crippen molar-refractivity contribution in [2.24, 2.45) is 5.10 Å². The van der Waals surface area contributed by atoms with Gasteiger partial charge in [-0.2, -0.15) is 10.1 Å². The topological polar surface area (TPSA) is 68.0 Å². The summed E-state index contributed by atoms with van der Waals surface area (Å²) in [5.41, 5.74) is 5.81. The number of aryl methyl sites for hydroxylation is 1. The van der Waals surface area contributed by atoms with Crippen molar-refractivity contribution in [3.63, 3.8) is 0 Å². The number of rotatable bonds is 8. The lowest BCUT2D eigenvalue weighted by Gasteiger charge is -2.06. The normalized spacial score (nSPS) is 11.7. The van der Waals surface area contributed by atoms with E-state index in [9.17, 15) is 4.39 Å². The smallest absolute Gasteiger partial charge is 0.265 e. The van der Waals surface area contributed by atoms with Gasteiger partial charge in [-0.25, -0.2) is 9.82 Å². The van der Waals surface area contributed by atoms with E-state index in [1.807, 2.05) is 18.2 Å². The van der Waals surface area contributed by atoms with Crippen molar-refractivity contribution in [2.45, 2.75) is 39.2 Å². The minimum absolute atomic E-state index is 0.280. The van der Waals surface area contributed by atoms with E-state index in [1.165, 1.54) is 31.5 Å². The van der Waals surface area contributed by atoms with Gasteiger partial charge in [-0.05, 0) is 18.6 Å². The van der Waals surface area contributed by atoms with E-state index >= 15 is 0 Å². The average Bonchev–Trinajstić information content (AvgIpc) is 3.06. The number of hydrazone groups is 1. The summed E-state index contributed by atoms with van der Waals surface area (Å²) in [6.45, 7) is 3.08. The number of fused-ring (bicyclic) bond motifs is 3. The predicted molar refractivity (Wildman–Crippen MR) is 115 cm³/mol. The van der Waals surface area contributed by atoms with Gasteiger partial charge < -0.3 is 4.57 Å². The zero-order valence-electron chi connectivity index (χ0n) is 16.3. The molecule has 0 atom stereocenters. The molecule has 4 rings (SSSR count). The second kappa shape index (κ2) is 8.77. The van der Waals surface area contributed by atoms with Crippen LogP contribution >= 0.6 is 0 Å². The SMILES string of the molecule is CCCCCCn1c2ccccc2c2nnc(N/N=C/c3ccccc3F)nc21. The molecule has 29 heavy (non-hydrogen) atoms. The first kappa shape index (κ1) is 19.0. The van der Waals surface area contributed by atoms with Crippen LogP contribution in [0.15, 0.2) is 53.6 Å². The molecule has 4 aromatic rings. The molecular weight excluding hydrogens is 367 g/mol. The maximum absolute atomic E-state index is 13.7. The number of aromatic nitrogens is 4. The van der Waals surface area contributed by atoms with Gasteiger partial charge in [0.2, 0.25) is 0 Å². The van der Waals surface area contributed by atoms with Crippen molar-refractivity contribution in [1.82, 2.24) is 19.7 Å². The Morgan fingerprint density at radius 2 is 1.86 bits per heavy atom. The van der Waals surface area contributed by atoms with Crippen molar-refractivity contribution in [3.8, 4) is 0 Å². The maximum atomic E-state index is 13.7. The molecule has 6 nitrogen and oxygen atoms in total. The molecular formula is C22H23FN6. The minimum atomic E-state index is -0.334. The molecule has 0 unspecified atom stereocenters. The third kappa shape index (κ3) is 4.08. The second-order valence-corrected chi connectivity index (χ2v) is 6.93. The fourth-order valence-electron chi connectivity index (χ4n) is 3.41. The molecule has 7 heteroatoms. The van der Waals surface area contributed by atoms with Crippen LogP contribution in [-0.4, -0.2) is 26.0 Å². The van der Waals surface area contributed by atoms with E-state index in [0.717, 1.165) is 35.0 Å². The number of nitrogens with zero attached hydrogens (tertiary/aromatic N) is 5. The Hall–Kier alpha value is -3.35. The highest BCUT2D eigenvalue weighted by Crippen LogP contribution is 2.26. The molecule has 0 radical (unpaired) electrons. The molecule has 0 aliphatic carbocycles. The first-order valence-corrected chi connectivity index (χ1v) is 9.93. The molecule has 2 heterocycles. The fourth-order valence-corrected chi connectivity index (χ4v) is 3.41. The first-order valence-electron chi connectivity index (χ1n) is 9.93. The zero-order valence-corrected chi connectivity index (χ0v) is 16.3. The Morgan fingerprint density at radius 3 is 2.72 bits per heavy atom. The monoisotopic (exact) mass is 390 g/mol. The average molecular weight is 390 g/mol. The van der Waals surface area contributed by atoms with Crippen LogP contribution in [0.3, 0.4) is 0 Å². The summed E-state index contributed by atoms with van der Waals surface area (Å²) >= 11 is 0. The van der Waals surface area contributed by atoms with Crippen LogP contribution in [0.1, 0.15) is 38.2 Å². The number of halogens is 1. The summed E-state index contributed by atoms with van der Waals surface area (Å²) in [7, 11) is 0. The van der Waals surface area contributed by atoms with Crippen LogP contribution in [0.25, 0.3) is 22.1 Å². The van der Waals surface area contributed by atoms with E-state index < -0.39 is 0 Å². The van der Waals surface area contributed by atoms with E-state index in [0.29, 0.717) is 5.56 Å². The quantitative estimate of drug-likeness (QED) is 0.257. The largest absolute Gasteiger partial charge is 0.324 e. The van der Waals surface area contributed by atoms with Crippen molar-refractivity contribution in [1.29, 1.82) is 0 Å². The number of benzene rings is 2. The third-order valence-corrected chi connectivity index (χ3v) is 4.88. The summed E-state index contributed by atoms with van der Waals surface area (Å²) in [5.74, 6) is -0.0533. The first-order chi connectivity index (χ1) is 14.3. The molecule has 0 bridgehead atoms. The van der Waals surface area contributed by atoms with Crippen molar-refractivity contribution in [3.05, 3.63) is 59.9 Å². The van der Waals surface area contributed by atoms with Crippen molar-refractivity contribution < 1.29 is 4.39 Å². The molecule has 0 saturated heterocycles. The van der Waals surface area contributed by atoms with Crippen molar-refractivity contribution in [2.75, 3.05) is 5.43 Å². The standard InChI is InChI=1S/C22H23FN6/c1-2-3-4-9-14-29-19-13-8-6-11-17(19)20-21(29)25-22(28-26-20)27-24-15-16-10-5-7-12-18(16)23/h5-8,10-13,15H,2-4,9,14H2,1H3,(H,25,27,28)/b24-15+. The zero-order chi connectivity index (χ0) is 20.1. The lowest BCUT2D eigenvalue weighted by Crippen LogP contribution is -2.03. The summed E-state index contributed by atoms with van der Waals surface area (Å²) in [6, 6.07) is 14.6. The highest BCUT2D eigenvalue weighted by Gasteiger charge is 2.14. The van der Waals surface area contributed by atoms with Crippen LogP contribution in [0.2, 0.25) is 0 Å². The van der Waals surface area contributed by atoms with E-state index in [1.54, 1.807) is 18.2 Å². The lowest BCUT2D eigenvalue weighted by molar-refractivity contribution is 0.600. The van der Waals surface area contributed by atoms with Gasteiger partial charge in [0.05, 0.1) is 11.7 Å². The number of unbranched alkanes of at least 4 members (excludes halogenated alkanes) is 3. The second-order valence-electron chi connectivity index (χ2n) is 6.93. The number of anilines is 1. The molecule has 0 fully saturated rings. The molecule has 0 amide bonds. The number of para-hydroxylation sites is 1. The van der Waals surface area contributed by atoms with E-state index in [-0.39, 0.29) is 11.8 Å². The Balaban J connectivity index is 1.63. The molecule has 148 valence electrons. The van der Waals surface area contributed by atoms with Crippen LogP contribution in [-0.2, 0) is 6.54 Å². The van der Waals surface area contributed by atoms with Crippen LogP contribution in [0.5, 0.6) is 0 Å². The summed E-state index contributed by atoms with van der Waals surface area (Å²) in [6.07, 6.45) is 6.09. The Morgan fingerprint density at radius 1 is 1.03 bits per heavy atom. The van der Waals surface area contributed by atoms with E-state index in [2.05, 4.69) is 43.3 Å². The fraction of sp³-hybridized carbons (Fsp3) is 0.273. The van der Waals surface area contributed by atoms with Crippen LogP contribution in [0.4, 0.5) is 10.3 Å². The molecule has 0 saturated carbocycles. The summed E-state index contributed by atoms with van der Waals surface area (Å²) in [5, 5.41) is 13.6. The number of hydrogen-bond acceptors (Lipinski definition) is 5. The van der Waals surface area contributed by atoms with Gasteiger partial charge >= 0.3 is 0 Å². The molecule has 1 N–H and O–H groups in total. The van der Waals surface area contributed by atoms with Crippen molar-refractivity contribution >= 4 is 34.2 Å². The molecule has 0 aliphatic heterocycles. The minimum Gasteiger partial charge on any atom is -0.324 e. The molecule has 0 spiro atoms. The van der Waals surface area contributed by atoms with Gasteiger partial charge in [-0.1, -0.05) is 62.6 Å². The Bertz CT molecular complexity index is 1150. The highest BCUT2D eigenvalue weighted by atomic mass is 19.1. The van der Waals surface area contributed by atoms with Gasteiger partial charge in [0.25, 0.3) is 5.95 Å². The summed E-state index contributed by atoms with van der Waals surface area (Å²) in [4.78, 5) is 4.64. The number of nitrogens with one attached hydrogen (secondary N) is 1. The Labute approximate surface area is 168 Å². The van der Waals surface area contributed by atoms with Gasteiger partial charge in [0.15, 0.2) is 5.65 Å². The Kier molecular flexibility index (Phi) is 5.74. The molecule has 0 aliphatic rings. The lowest BCUT2D eigenvalue weighted by atomic mass is 10.2. The molecule has 2 aromatic heterocycles. The van der Waals surface area contributed by atoms with Crippen LogP contribution in [0, 0.1) is 5.82 Å². The van der Waals surface area contributed by atoms with Gasteiger partial charge in [0.1, 0.15) is 11.3 Å². The highest BCUT2D eigenvalue weighted by molar-refractivity contribution is 6.04. The van der Waals surface area contributed by atoms with Crippen LogP contribution < -0.4 is 5.43 Å². The van der Waals surface area contributed by atoms with Gasteiger partial charge in [-0.15, -0.1) is 10.2 Å². The van der Waals surface area contributed by atoms with E-state index in [4.69, 9.17) is 0 Å². The van der Waals surface area contributed by atoms with Gasteiger partial charge in [0, 0.05) is 17.5 Å². The van der Waals surface area contributed by atoms with Gasteiger partial charge in [-0.3, -0.25) is 0 Å².